The lowest BCUT2D eigenvalue weighted by molar-refractivity contribution is -0.118. The fourth-order valence-corrected chi connectivity index (χ4v) is 2.59. The van der Waals surface area contributed by atoms with Crippen molar-refractivity contribution in [2.45, 2.75) is 47.2 Å². The van der Waals surface area contributed by atoms with Crippen LogP contribution in [0.5, 0.6) is 5.75 Å². The lowest BCUT2D eigenvalue weighted by Crippen LogP contribution is -2.47. The minimum atomic E-state index is -0.183. The molecule has 1 atom stereocenters. The third-order valence-corrected chi connectivity index (χ3v) is 4.18. The third-order valence-electron chi connectivity index (χ3n) is 4.18. The monoisotopic (exact) mass is 349 g/mol. The molecule has 6 nitrogen and oxygen atoms in total. The van der Waals surface area contributed by atoms with Gasteiger partial charge in [0.1, 0.15) is 5.75 Å². The van der Waals surface area contributed by atoms with Crippen molar-refractivity contribution in [1.29, 1.82) is 0 Å². The van der Waals surface area contributed by atoms with Gasteiger partial charge >= 0.3 is 0 Å². The van der Waals surface area contributed by atoms with Crippen LogP contribution in [-0.2, 0) is 4.79 Å². The van der Waals surface area contributed by atoms with E-state index in [0.717, 1.165) is 19.5 Å². The molecule has 140 valence electrons. The Labute approximate surface area is 150 Å². The fourth-order valence-electron chi connectivity index (χ4n) is 2.59. The Bertz CT molecular complexity index is 583. The molecule has 0 bridgehead atoms. The molecule has 2 N–H and O–H groups in total. The predicted molar refractivity (Wildman–Crippen MR) is 101 cm³/mol. The highest BCUT2D eigenvalue weighted by atomic mass is 16.5. The Kier molecular flexibility index (Phi) is 8.41. The fraction of sp³-hybridized carbons (Fsp3) is 0.579. The molecule has 0 spiro atoms. The smallest absolute Gasteiger partial charge is 0.256 e. The number of carbonyl (C=O) groups excluding carboxylic acids is 2. The lowest BCUT2D eigenvalue weighted by atomic mass is 10.1. The van der Waals surface area contributed by atoms with Crippen molar-refractivity contribution in [3.05, 3.63) is 23.8 Å². The molecule has 0 radical (unpaired) electrons. The Morgan fingerprint density at radius 1 is 1.16 bits per heavy atom. The number of nitrogens with zero attached hydrogens (tertiary/aromatic N) is 1. The minimum absolute atomic E-state index is 0.0208. The summed E-state index contributed by atoms with van der Waals surface area (Å²) in [6.45, 7) is 11.6. The molecule has 1 unspecified atom stereocenters. The molecule has 0 saturated carbocycles. The number of hydrogen-bond donors (Lipinski definition) is 2. The topological polar surface area (TPSA) is 70.7 Å². The number of amides is 2. The Morgan fingerprint density at radius 2 is 1.80 bits per heavy atom. The van der Waals surface area contributed by atoms with E-state index in [2.05, 4.69) is 29.4 Å². The number of rotatable bonds is 9. The summed E-state index contributed by atoms with van der Waals surface area (Å²) in [6, 6.07) is 5.07. The molecule has 6 heteroatoms. The SMILES string of the molecule is CCC(NC(=O)c1ccc(NC(=O)C(C)C)cc1OC)N(CC)CC. The second-order valence-electron chi connectivity index (χ2n) is 6.18. The van der Waals surface area contributed by atoms with Crippen molar-refractivity contribution < 1.29 is 14.3 Å². The highest BCUT2D eigenvalue weighted by molar-refractivity contribution is 5.98. The van der Waals surface area contributed by atoms with E-state index in [0.29, 0.717) is 17.0 Å². The van der Waals surface area contributed by atoms with Gasteiger partial charge < -0.3 is 15.4 Å². The van der Waals surface area contributed by atoms with Gasteiger partial charge in [-0.3, -0.25) is 14.5 Å². The maximum absolute atomic E-state index is 12.7. The molecule has 1 aromatic rings. The summed E-state index contributed by atoms with van der Waals surface area (Å²) >= 11 is 0. The van der Waals surface area contributed by atoms with E-state index in [4.69, 9.17) is 4.74 Å². The van der Waals surface area contributed by atoms with Crippen molar-refractivity contribution in [1.82, 2.24) is 10.2 Å². The summed E-state index contributed by atoms with van der Waals surface area (Å²) in [4.78, 5) is 26.7. The zero-order chi connectivity index (χ0) is 19.0. The normalized spacial score (nSPS) is 12.2. The molecule has 2 amide bonds. The molecule has 0 fully saturated rings. The van der Waals surface area contributed by atoms with E-state index >= 15 is 0 Å². The first-order chi connectivity index (χ1) is 11.9. The molecular weight excluding hydrogens is 318 g/mol. The van der Waals surface area contributed by atoms with Crippen molar-refractivity contribution in [3.63, 3.8) is 0 Å². The summed E-state index contributed by atoms with van der Waals surface area (Å²) < 4.78 is 5.35. The molecule has 0 heterocycles. The zero-order valence-corrected chi connectivity index (χ0v) is 16.2. The molecule has 0 saturated heterocycles. The van der Waals surface area contributed by atoms with Crippen LogP contribution < -0.4 is 15.4 Å². The Balaban J connectivity index is 2.96. The molecule has 1 rings (SSSR count). The molecule has 1 aromatic carbocycles. The van der Waals surface area contributed by atoms with E-state index in [1.807, 2.05) is 20.8 Å². The van der Waals surface area contributed by atoms with Gasteiger partial charge in [0, 0.05) is 17.7 Å². The van der Waals surface area contributed by atoms with Crippen molar-refractivity contribution in [2.75, 3.05) is 25.5 Å². The van der Waals surface area contributed by atoms with Crippen LogP contribution >= 0.6 is 0 Å². The zero-order valence-electron chi connectivity index (χ0n) is 16.2. The van der Waals surface area contributed by atoms with Gasteiger partial charge in [0.05, 0.1) is 18.8 Å². The average molecular weight is 349 g/mol. The molecule has 0 aliphatic heterocycles. The van der Waals surface area contributed by atoms with Gasteiger partial charge in [-0.05, 0) is 31.6 Å². The number of methoxy groups -OCH3 is 1. The molecule has 0 aliphatic carbocycles. The van der Waals surface area contributed by atoms with E-state index in [9.17, 15) is 9.59 Å². The first-order valence-corrected chi connectivity index (χ1v) is 8.91. The minimum Gasteiger partial charge on any atom is -0.496 e. The highest BCUT2D eigenvalue weighted by Gasteiger charge is 2.20. The van der Waals surface area contributed by atoms with Gasteiger partial charge in [-0.1, -0.05) is 34.6 Å². The van der Waals surface area contributed by atoms with Crippen LogP contribution in [0.1, 0.15) is 51.4 Å². The number of ether oxygens (including phenoxy) is 1. The number of benzene rings is 1. The summed E-state index contributed by atoms with van der Waals surface area (Å²) in [5.74, 6) is 0.0611. The van der Waals surface area contributed by atoms with Gasteiger partial charge in [0.15, 0.2) is 0 Å². The summed E-state index contributed by atoms with van der Waals surface area (Å²) in [7, 11) is 1.52. The quantitative estimate of drug-likeness (QED) is 0.672. The number of anilines is 1. The van der Waals surface area contributed by atoms with E-state index in [1.165, 1.54) is 7.11 Å². The third kappa shape index (κ3) is 5.74. The van der Waals surface area contributed by atoms with Crippen molar-refractivity contribution >= 4 is 17.5 Å². The Morgan fingerprint density at radius 3 is 2.28 bits per heavy atom. The van der Waals surface area contributed by atoms with Crippen LogP contribution in [-0.4, -0.2) is 43.1 Å². The summed E-state index contributed by atoms with van der Waals surface area (Å²) in [5, 5.41) is 5.87. The van der Waals surface area contributed by atoms with Crippen LogP contribution in [0.15, 0.2) is 18.2 Å². The molecule has 0 aliphatic rings. The standard InChI is InChI=1S/C19H31N3O3/c1-7-17(22(8-2)9-3)21-19(24)15-11-10-14(12-16(15)25-6)20-18(23)13(4)5/h10-13,17H,7-9H2,1-6H3,(H,20,23)(H,21,24). The lowest BCUT2D eigenvalue weighted by Gasteiger charge is -2.29. The molecular formula is C19H31N3O3. The first-order valence-electron chi connectivity index (χ1n) is 8.91. The van der Waals surface area contributed by atoms with Gasteiger partial charge in [0.2, 0.25) is 5.91 Å². The Hall–Kier alpha value is -2.08. The maximum Gasteiger partial charge on any atom is 0.256 e. The van der Waals surface area contributed by atoms with E-state index in [1.54, 1.807) is 18.2 Å². The second kappa shape index (κ2) is 10.0. The van der Waals surface area contributed by atoms with Gasteiger partial charge in [-0.2, -0.15) is 0 Å². The molecule has 25 heavy (non-hydrogen) atoms. The van der Waals surface area contributed by atoms with Gasteiger partial charge in [-0.15, -0.1) is 0 Å². The summed E-state index contributed by atoms with van der Waals surface area (Å²) in [5.41, 5.74) is 1.07. The van der Waals surface area contributed by atoms with E-state index in [-0.39, 0.29) is 23.9 Å². The van der Waals surface area contributed by atoms with Crippen molar-refractivity contribution in [2.24, 2.45) is 5.92 Å². The average Bonchev–Trinajstić information content (AvgIpc) is 2.61. The number of carbonyl (C=O) groups is 2. The maximum atomic E-state index is 12.7. The summed E-state index contributed by atoms with van der Waals surface area (Å²) in [6.07, 6.45) is 0.797. The van der Waals surface area contributed by atoms with Gasteiger partial charge in [-0.25, -0.2) is 0 Å². The van der Waals surface area contributed by atoms with E-state index < -0.39 is 0 Å². The van der Waals surface area contributed by atoms with Gasteiger partial charge in [0.25, 0.3) is 5.91 Å². The van der Waals surface area contributed by atoms with Crippen LogP contribution in [0.25, 0.3) is 0 Å². The largest absolute Gasteiger partial charge is 0.496 e. The number of hydrogen-bond acceptors (Lipinski definition) is 4. The van der Waals surface area contributed by atoms with Crippen LogP contribution in [0.3, 0.4) is 0 Å². The first kappa shape index (κ1) is 21.0. The number of nitrogens with one attached hydrogen (secondary N) is 2. The van der Waals surface area contributed by atoms with Crippen LogP contribution in [0, 0.1) is 5.92 Å². The van der Waals surface area contributed by atoms with Crippen LogP contribution in [0.2, 0.25) is 0 Å². The van der Waals surface area contributed by atoms with Crippen LogP contribution in [0.4, 0.5) is 5.69 Å². The highest BCUT2D eigenvalue weighted by Crippen LogP contribution is 2.24. The van der Waals surface area contributed by atoms with Crippen molar-refractivity contribution in [3.8, 4) is 5.75 Å². The molecule has 0 aromatic heterocycles. The predicted octanol–water partition coefficient (Wildman–Crippen LogP) is 3.10. The second-order valence-corrected chi connectivity index (χ2v) is 6.18.